The first kappa shape index (κ1) is 8.29. The Labute approximate surface area is 61.7 Å². The van der Waals surface area contributed by atoms with Crippen LogP contribution in [0.25, 0.3) is 0 Å². The van der Waals surface area contributed by atoms with Crippen molar-refractivity contribution in [2.45, 2.75) is 6.92 Å². The van der Waals surface area contributed by atoms with Gasteiger partial charge in [-0.3, -0.25) is 0 Å². The van der Waals surface area contributed by atoms with E-state index in [4.69, 9.17) is 16.2 Å². The molecule has 0 aliphatic rings. The molecule has 0 fully saturated rings. The van der Waals surface area contributed by atoms with E-state index in [1.165, 1.54) is 10.1 Å². The van der Waals surface area contributed by atoms with Gasteiger partial charge in [0.2, 0.25) is 0 Å². The third-order valence-corrected chi connectivity index (χ3v) is 3.27. The van der Waals surface area contributed by atoms with Gasteiger partial charge < -0.3 is 0 Å². The Kier molecular flexibility index (Phi) is 5.62. The number of rotatable bonds is 2. The minimum atomic E-state index is -0.353. The topological polar surface area (TPSA) is 0 Å². The van der Waals surface area contributed by atoms with E-state index in [2.05, 4.69) is 0 Å². The minimum absolute atomic E-state index is 0.353. The predicted octanol–water partition coefficient (Wildman–Crippen LogP) is 1.96. The van der Waals surface area contributed by atoms with E-state index in [-0.39, 0.29) is 16.2 Å². The Morgan fingerprint density at radius 2 is 2.38 bits per heavy atom. The molecule has 0 saturated carbocycles. The van der Waals surface area contributed by atoms with Crippen molar-refractivity contribution >= 4 is 13.6 Å². The molecule has 0 aliphatic heterocycles. The second-order valence-corrected chi connectivity index (χ2v) is 4.54. The summed E-state index contributed by atoms with van der Waals surface area (Å²) in [5.74, 6) is 0. The van der Waals surface area contributed by atoms with E-state index in [0.717, 1.165) is 0 Å². The number of allylic oxidation sites excluding steroid dienone is 3. The van der Waals surface area contributed by atoms with E-state index in [1.807, 2.05) is 13.0 Å². The van der Waals surface area contributed by atoms with Gasteiger partial charge in [0.25, 0.3) is 0 Å². The van der Waals surface area contributed by atoms with Gasteiger partial charge >= 0.3 is 61.6 Å². The fourth-order valence-electron chi connectivity index (χ4n) is 0.205. The van der Waals surface area contributed by atoms with Crippen LogP contribution in [0.4, 0.5) is 0 Å². The van der Waals surface area contributed by atoms with Gasteiger partial charge in [-0.05, 0) is 0 Å². The third kappa shape index (κ3) is 4.45. The maximum absolute atomic E-state index is 5.57. The molecule has 0 nitrogen and oxygen atoms in total. The average Bonchev–Trinajstić information content (AvgIpc) is 1.83. The van der Waals surface area contributed by atoms with E-state index < -0.39 is 0 Å². The number of halogens is 1. The van der Waals surface area contributed by atoms with Gasteiger partial charge in [0.05, 0.1) is 0 Å². The van der Waals surface area contributed by atoms with Crippen molar-refractivity contribution in [2.75, 3.05) is 0 Å². The van der Waals surface area contributed by atoms with E-state index >= 15 is 0 Å². The van der Waals surface area contributed by atoms with Gasteiger partial charge in [0.15, 0.2) is 0 Å². The first-order valence-electron chi connectivity index (χ1n) is 2.08. The Balaban J connectivity index is 3.69. The normalized spacial score (nSPS) is 14.5. The van der Waals surface area contributed by atoms with E-state index in [1.54, 1.807) is 6.08 Å². The standard InChI is InChI=1S/C6H7.ClH.Ir/c1-3-5-6-4-2;;/h1,3,5-6H,2H3;1H;/q-1;;+1/p-1/b6-5-;;. The van der Waals surface area contributed by atoms with Crippen molar-refractivity contribution < 1.29 is 16.2 Å². The van der Waals surface area contributed by atoms with E-state index in [0.29, 0.717) is 0 Å². The van der Waals surface area contributed by atoms with E-state index in [9.17, 15) is 0 Å². The van der Waals surface area contributed by atoms with Crippen LogP contribution in [-0.4, -0.2) is 4.02 Å². The van der Waals surface area contributed by atoms with Crippen molar-refractivity contribution in [3.8, 4) is 0 Å². The summed E-state index contributed by atoms with van der Waals surface area (Å²) in [5, 5.41) is 0. The zero-order valence-corrected chi connectivity index (χ0v) is 7.67. The summed E-state index contributed by atoms with van der Waals surface area (Å²) < 4.78 is 1.24. The fraction of sp³-hybridized carbons (Fsp3) is 0.167. The Bertz CT molecular complexity index is 124. The van der Waals surface area contributed by atoms with Crippen molar-refractivity contribution in [3.63, 3.8) is 0 Å². The molecule has 0 saturated heterocycles. The van der Waals surface area contributed by atoms with Crippen LogP contribution in [0, 0.1) is 6.58 Å². The van der Waals surface area contributed by atoms with Gasteiger partial charge in [0.1, 0.15) is 0 Å². The quantitative estimate of drug-likeness (QED) is 0.540. The summed E-state index contributed by atoms with van der Waals surface area (Å²) in [5.41, 5.74) is 0. The molecule has 0 N–H and O–H groups in total. The van der Waals surface area contributed by atoms with Crippen LogP contribution < -0.4 is 0 Å². The van der Waals surface area contributed by atoms with Gasteiger partial charge in [-0.15, -0.1) is 0 Å². The molecular formula is C6H7ClIr-. The second-order valence-electron chi connectivity index (χ2n) is 1.17. The molecule has 0 heterocycles. The van der Waals surface area contributed by atoms with Crippen molar-refractivity contribution in [3.05, 3.63) is 24.8 Å². The average molecular weight is 307 g/mol. The summed E-state index contributed by atoms with van der Waals surface area (Å²) in [6.07, 6.45) is 5.23. The molecule has 0 aromatic heterocycles. The van der Waals surface area contributed by atoms with Crippen molar-refractivity contribution in [1.82, 2.24) is 0 Å². The molecule has 2 heteroatoms. The maximum atomic E-state index is 5.57. The molecule has 8 heavy (non-hydrogen) atoms. The molecule has 0 radical (unpaired) electrons. The molecule has 0 unspecified atom stereocenters. The van der Waals surface area contributed by atoms with Gasteiger partial charge in [0, 0.05) is 0 Å². The first-order valence-corrected chi connectivity index (χ1v) is 6.25. The van der Waals surface area contributed by atoms with Crippen LogP contribution in [0.5, 0.6) is 0 Å². The first-order chi connectivity index (χ1) is 3.81. The van der Waals surface area contributed by atoms with Gasteiger partial charge in [-0.1, -0.05) is 0 Å². The molecule has 0 rings (SSSR count). The zero-order chi connectivity index (χ0) is 6.41. The van der Waals surface area contributed by atoms with Crippen molar-refractivity contribution in [1.29, 1.82) is 0 Å². The second kappa shape index (κ2) is 5.43. The van der Waals surface area contributed by atoms with Crippen LogP contribution in [0.2, 0.25) is 0 Å². The molecule has 0 aromatic rings. The molecular weight excluding hydrogens is 300 g/mol. The van der Waals surface area contributed by atoms with Crippen LogP contribution in [0.3, 0.4) is 0 Å². The SMILES string of the molecule is [CH-]=C/C=C\[C](C)=[Ir][Cl]. The summed E-state index contributed by atoms with van der Waals surface area (Å²) in [4.78, 5) is 0. The number of hydrogen-bond donors (Lipinski definition) is 0. The van der Waals surface area contributed by atoms with Crippen LogP contribution >= 0.6 is 9.58 Å². The molecule has 0 spiro atoms. The third-order valence-electron chi connectivity index (χ3n) is 0.529. The molecule has 0 amide bonds. The molecule has 0 aromatic carbocycles. The predicted molar refractivity (Wildman–Crippen MR) is 34.5 cm³/mol. The van der Waals surface area contributed by atoms with Crippen LogP contribution in [-0.2, 0) is 16.2 Å². The Hall–Kier alpha value is 0.289. The van der Waals surface area contributed by atoms with Crippen LogP contribution in [0.15, 0.2) is 18.2 Å². The molecule has 48 valence electrons. The van der Waals surface area contributed by atoms with Crippen molar-refractivity contribution in [2.24, 2.45) is 0 Å². The van der Waals surface area contributed by atoms with Gasteiger partial charge in [-0.2, -0.15) is 0 Å². The summed E-state index contributed by atoms with van der Waals surface area (Å²) >= 11 is -0.353. The monoisotopic (exact) mass is 307 g/mol. The Morgan fingerprint density at radius 1 is 1.75 bits per heavy atom. The molecule has 0 bridgehead atoms. The number of hydrogen-bond acceptors (Lipinski definition) is 0. The molecule has 0 atom stereocenters. The van der Waals surface area contributed by atoms with Crippen LogP contribution in [0.1, 0.15) is 6.92 Å². The fourth-order valence-corrected chi connectivity index (χ4v) is 0.930. The summed E-state index contributed by atoms with van der Waals surface area (Å²) in [7, 11) is 5.57. The van der Waals surface area contributed by atoms with Gasteiger partial charge in [-0.25, -0.2) is 0 Å². The zero-order valence-electron chi connectivity index (χ0n) is 4.52. The summed E-state index contributed by atoms with van der Waals surface area (Å²) in [6.45, 7) is 7.08. The molecule has 0 aliphatic carbocycles. The summed E-state index contributed by atoms with van der Waals surface area (Å²) in [6, 6.07) is 0. The Morgan fingerprint density at radius 3 is 2.75 bits per heavy atom.